The van der Waals surface area contributed by atoms with Gasteiger partial charge in [0.1, 0.15) is 12.9 Å². The third kappa shape index (κ3) is 6.16. The maximum atomic E-state index is 12.5. The number of carbonyl (C=O) groups is 1. The molecule has 1 heterocycles. The normalized spacial score (nSPS) is 10.1. The summed E-state index contributed by atoms with van der Waals surface area (Å²) in [5, 5.41) is 0. The van der Waals surface area contributed by atoms with Crippen molar-refractivity contribution in [3.05, 3.63) is 89.4 Å². The predicted molar refractivity (Wildman–Crippen MR) is 107 cm³/mol. The highest BCUT2D eigenvalue weighted by Gasteiger charge is 2.08. The van der Waals surface area contributed by atoms with Crippen molar-refractivity contribution in [1.82, 2.24) is 9.97 Å². The lowest BCUT2D eigenvalue weighted by Gasteiger charge is -2.08. The highest BCUT2D eigenvalue weighted by molar-refractivity contribution is 5.96. The molecule has 2 aromatic carbocycles. The third-order valence-corrected chi connectivity index (χ3v) is 4.03. The van der Waals surface area contributed by atoms with Crippen molar-refractivity contribution in [3.63, 3.8) is 0 Å². The first-order valence-electron chi connectivity index (χ1n) is 8.54. The van der Waals surface area contributed by atoms with Crippen molar-refractivity contribution >= 4 is 18.2 Å². The van der Waals surface area contributed by atoms with Gasteiger partial charge in [0.05, 0.1) is 5.69 Å². The molecule has 27 heavy (non-hydrogen) atoms. The van der Waals surface area contributed by atoms with Gasteiger partial charge in [0.15, 0.2) is 5.78 Å². The summed E-state index contributed by atoms with van der Waals surface area (Å²) < 4.78 is 5.68. The van der Waals surface area contributed by atoms with Gasteiger partial charge in [-0.25, -0.2) is 9.97 Å². The minimum atomic E-state index is 0. The Hall–Kier alpha value is -2.76. The summed E-state index contributed by atoms with van der Waals surface area (Å²) in [4.78, 5) is 20.6. The van der Waals surface area contributed by atoms with Gasteiger partial charge in [-0.1, -0.05) is 48.5 Å². The summed E-state index contributed by atoms with van der Waals surface area (Å²) in [6, 6.07) is 19.3. The Bertz CT molecular complexity index is 872. The lowest BCUT2D eigenvalue weighted by molar-refractivity contribution is 0.0982. The number of hydrogen-bond donors (Lipinski definition) is 1. The van der Waals surface area contributed by atoms with E-state index < -0.39 is 0 Å². The summed E-state index contributed by atoms with van der Waals surface area (Å²) in [5.41, 5.74) is 9.08. The van der Waals surface area contributed by atoms with Crippen LogP contribution in [0.4, 0.5) is 0 Å². The van der Waals surface area contributed by atoms with Gasteiger partial charge in [0, 0.05) is 24.6 Å². The molecular formula is C21H22ClN3O2. The van der Waals surface area contributed by atoms with Crippen LogP contribution in [0.1, 0.15) is 33.6 Å². The van der Waals surface area contributed by atoms with E-state index in [0.29, 0.717) is 31.0 Å². The number of Topliss-reactive ketones (excluding diaryl/α,β-unsaturated/α-hetero) is 1. The maximum absolute atomic E-state index is 12.5. The van der Waals surface area contributed by atoms with Crippen LogP contribution >= 0.6 is 12.4 Å². The Morgan fingerprint density at radius 1 is 0.963 bits per heavy atom. The van der Waals surface area contributed by atoms with E-state index in [0.717, 1.165) is 17.7 Å². The van der Waals surface area contributed by atoms with E-state index in [9.17, 15) is 4.79 Å². The van der Waals surface area contributed by atoms with E-state index in [1.54, 1.807) is 6.07 Å². The zero-order chi connectivity index (χ0) is 18.2. The molecule has 140 valence electrons. The van der Waals surface area contributed by atoms with Crippen molar-refractivity contribution in [1.29, 1.82) is 0 Å². The van der Waals surface area contributed by atoms with Crippen molar-refractivity contribution in [2.24, 2.45) is 5.73 Å². The smallest absolute Gasteiger partial charge is 0.216 e. The largest absolute Gasteiger partial charge is 0.473 e. The van der Waals surface area contributed by atoms with Gasteiger partial charge in [-0.2, -0.15) is 0 Å². The second-order valence-electron chi connectivity index (χ2n) is 5.95. The summed E-state index contributed by atoms with van der Waals surface area (Å²) in [6.07, 6.45) is 2.66. The number of aromatic nitrogens is 2. The SMILES string of the molecule is Cl.NCc1cc(OCc2cccc(C(=O)CCc3ccccc3)c2)ncn1. The number of nitrogens with zero attached hydrogens (tertiary/aromatic N) is 2. The number of aryl methyl sites for hydroxylation is 1. The molecule has 0 atom stereocenters. The average molecular weight is 384 g/mol. The molecule has 2 N–H and O–H groups in total. The number of ether oxygens (including phenoxy) is 1. The molecule has 5 nitrogen and oxygen atoms in total. The first-order chi connectivity index (χ1) is 12.7. The van der Waals surface area contributed by atoms with Gasteiger partial charge in [0.25, 0.3) is 0 Å². The lowest BCUT2D eigenvalue weighted by Crippen LogP contribution is -2.05. The number of benzene rings is 2. The van der Waals surface area contributed by atoms with Gasteiger partial charge in [0.2, 0.25) is 5.88 Å². The number of rotatable bonds is 8. The fraction of sp³-hybridized carbons (Fsp3) is 0.190. The molecule has 3 rings (SSSR count). The quantitative estimate of drug-likeness (QED) is 0.599. The molecule has 1 aromatic heterocycles. The van der Waals surface area contributed by atoms with E-state index in [4.69, 9.17) is 10.5 Å². The molecule has 0 aliphatic rings. The Balaban J connectivity index is 0.00000261. The van der Waals surface area contributed by atoms with Gasteiger partial charge in [-0.05, 0) is 23.6 Å². The van der Waals surface area contributed by atoms with Crippen LogP contribution in [-0.2, 0) is 19.6 Å². The number of carbonyl (C=O) groups excluding carboxylic acids is 1. The van der Waals surface area contributed by atoms with Crippen LogP contribution in [0.5, 0.6) is 5.88 Å². The Morgan fingerprint density at radius 2 is 1.74 bits per heavy atom. The Kier molecular flexibility index (Phi) is 7.92. The molecule has 3 aromatic rings. The van der Waals surface area contributed by atoms with Crippen LogP contribution in [0, 0.1) is 0 Å². The summed E-state index contributed by atoms with van der Waals surface area (Å²) >= 11 is 0. The number of ketones is 1. The zero-order valence-electron chi connectivity index (χ0n) is 14.9. The van der Waals surface area contributed by atoms with E-state index >= 15 is 0 Å². The van der Waals surface area contributed by atoms with Gasteiger partial charge in [-0.3, -0.25) is 4.79 Å². The van der Waals surface area contributed by atoms with Crippen LogP contribution in [0.15, 0.2) is 67.0 Å². The minimum absolute atomic E-state index is 0. The fourth-order valence-electron chi connectivity index (χ4n) is 2.61. The van der Waals surface area contributed by atoms with Gasteiger partial charge >= 0.3 is 0 Å². The second-order valence-corrected chi connectivity index (χ2v) is 5.95. The molecule has 0 saturated carbocycles. The van der Waals surface area contributed by atoms with Crippen molar-refractivity contribution < 1.29 is 9.53 Å². The number of nitrogens with two attached hydrogens (primary N) is 1. The third-order valence-electron chi connectivity index (χ3n) is 4.03. The Labute approximate surface area is 165 Å². The Morgan fingerprint density at radius 3 is 2.52 bits per heavy atom. The molecule has 0 unspecified atom stereocenters. The topological polar surface area (TPSA) is 78.1 Å². The molecular weight excluding hydrogens is 362 g/mol. The molecule has 0 radical (unpaired) electrons. The van der Waals surface area contributed by atoms with Crippen LogP contribution in [0.2, 0.25) is 0 Å². The standard InChI is InChI=1S/C21H21N3O2.ClH/c22-13-19-12-21(24-15-23-19)26-14-17-7-4-8-18(11-17)20(25)10-9-16-5-2-1-3-6-16;/h1-8,11-12,15H,9-10,13-14,22H2;1H. The highest BCUT2D eigenvalue weighted by atomic mass is 35.5. The monoisotopic (exact) mass is 383 g/mol. The van der Waals surface area contributed by atoms with E-state index in [1.165, 1.54) is 11.9 Å². The van der Waals surface area contributed by atoms with E-state index in [-0.39, 0.29) is 18.2 Å². The van der Waals surface area contributed by atoms with Crippen LogP contribution in [0.3, 0.4) is 0 Å². The predicted octanol–water partition coefficient (Wildman–Crippen LogP) is 3.75. The fourth-order valence-corrected chi connectivity index (χ4v) is 2.61. The number of hydrogen-bond acceptors (Lipinski definition) is 5. The van der Waals surface area contributed by atoms with Crippen molar-refractivity contribution in [2.75, 3.05) is 0 Å². The molecule has 0 fully saturated rings. The molecule has 0 spiro atoms. The van der Waals surface area contributed by atoms with Gasteiger partial charge in [-0.15, -0.1) is 12.4 Å². The minimum Gasteiger partial charge on any atom is -0.473 e. The van der Waals surface area contributed by atoms with E-state index in [1.807, 2.05) is 54.6 Å². The summed E-state index contributed by atoms with van der Waals surface area (Å²) in [7, 11) is 0. The van der Waals surface area contributed by atoms with E-state index in [2.05, 4.69) is 9.97 Å². The second kappa shape index (κ2) is 10.4. The first-order valence-corrected chi connectivity index (χ1v) is 8.54. The lowest BCUT2D eigenvalue weighted by atomic mass is 10.0. The van der Waals surface area contributed by atoms with Crippen LogP contribution < -0.4 is 10.5 Å². The molecule has 0 aliphatic carbocycles. The zero-order valence-corrected chi connectivity index (χ0v) is 15.7. The molecule has 0 saturated heterocycles. The first kappa shape index (κ1) is 20.6. The summed E-state index contributed by atoms with van der Waals surface area (Å²) in [5.74, 6) is 0.601. The molecule has 6 heteroatoms. The summed E-state index contributed by atoms with van der Waals surface area (Å²) in [6.45, 7) is 0.672. The van der Waals surface area contributed by atoms with Crippen molar-refractivity contribution in [2.45, 2.75) is 26.0 Å². The number of halogens is 1. The van der Waals surface area contributed by atoms with Crippen LogP contribution in [-0.4, -0.2) is 15.8 Å². The average Bonchev–Trinajstić information content (AvgIpc) is 2.71. The van der Waals surface area contributed by atoms with Gasteiger partial charge < -0.3 is 10.5 Å². The van der Waals surface area contributed by atoms with Crippen molar-refractivity contribution in [3.8, 4) is 5.88 Å². The highest BCUT2D eigenvalue weighted by Crippen LogP contribution is 2.14. The maximum Gasteiger partial charge on any atom is 0.216 e. The van der Waals surface area contributed by atoms with Crippen LogP contribution in [0.25, 0.3) is 0 Å². The molecule has 0 aliphatic heterocycles. The molecule has 0 bridgehead atoms. The molecule has 0 amide bonds.